The third-order valence-corrected chi connectivity index (χ3v) is 4.41. The van der Waals surface area contributed by atoms with E-state index in [2.05, 4.69) is 14.9 Å². The molecule has 2 atom stereocenters. The number of β-amino-alcohol motifs (C(OH)–C–C–N with tert-alkyl or cyclic N) is 1. The number of hydrogen-bond donors (Lipinski definition) is 1. The zero-order chi connectivity index (χ0) is 14.7. The molecule has 112 valence electrons. The molecule has 0 amide bonds. The van der Waals surface area contributed by atoms with Gasteiger partial charge in [0.1, 0.15) is 0 Å². The molecular weight excluding hydrogens is 286 g/mol. The topological polar surface area (TPSA) is 58.5 Å². The molecule has 21 heavy (non-hydrogen) atoms. The number of thiophene rings is 1. The Morgan fingerprint density at radius 1 is 1.38 bits per heavy atom. The van der Waals surface area contributed by atoms with Crippen molar-refractivity contribution in [3.8, 4) is 10.7 Å². The van der Waals surface area contributed by atoms with Gasteiger partial charge in [-0.2, -0.15) is 0 Å². The highest BCUT2D eigenvalue weighted by Gasteiger charge is 2.31. The number of ether oxygens (including phenoxy) is 1. The van der Waals surface area contributed by atoms with Crippen molar-refractivity contribution in [2.45, 2.75) is 25.7 Å². The Balaban J connectivity index is 1.61. The first-order chi connectivity index (χ1) is 10.3. The third kappa shape index (κ3) is 3.47. The molecule has 1 aliphatic rings. The van der Waals surface area contributed by atoms with Crippen molar-refractivity contribution in [2.75, 3.05) is 19.7 Å². The molecule has 0 unspecified atom stereocenters. The average molecular weight is 305 g/mol. The first kappa shape index (κ1) is 14.6. The summed E-state index contributed by atoms with van der Waals surface area (Å²) < 4.78 is 5.53. The largest absolute Gasteiger partial charge is 0.389 e. The fourth-order valence-electron chi connectivity index (χ4n) is 2.57. The van der Waals surface area contributed by atoms with Crippen molar-refractivity contribution in [3.05, 3.63) is 35.5 Å². The highest BCUT2D eigenvalue weighted by atomic mass is 32.1. The number of likely N-dealkylation sites (tertiary alicyclic amines) is 1. The number of aromatic nitrogens is 2. The van der Waals surface area contributed by atoms with E-state index in [1.165, 1.54) is 0 Å². The monoisotopic (exact) mass is 305 g/mol. The highest BCUT2D eigenvalue weighted by Crippen LogP contribution is 2.21. The lowest BCUT2D eigenvalue weighted by atomic mass is 10.3. The maximum Gasteiger partial charge on any atom is 0.169 e. The van der Waals surface area contributed by atoms with E-state index in [1.807, 2.05) is 36.8 Å². The summed E-state index contributed by atoms with van der Waals surface area (Å²) >= 11 is 1.64. The minimum Gasteiger partial charge on any atom is -0.389 e. The van der Waals surface area contributed by atoms with Crippen LogP contribution in [0.25, 0.3) is 10.7 Å². The normalized spacial score (nSPS) is 22.8. The van der Waals surface area contributed by atoms with E-state index in [-0.39, 0.29) is 6.10 Å². The molecule has 0 bridgehead atoms. The zero-order valence-corrected chi connectivity index (χ0v) is 12.8. The zero-order valence-electron chi connectivity index (χ0n) is 12.0. The Bertz CT molecular complexity index is 559. The fraction of sp³-hybridized carbons (Fsp3) is 0.467. The molecule has 1 N–H and O–H groups in total. The molecule has 3 heterocycles. The Kier molecular flexibility index (Phi) is 4.60. The lowest BCUT2D eigenvalue weighted by molar-refractivity contribution is -0.00245. The fourth-order valence-corrected chi connectivity index (χ4v) is 3.24. The SMILES string of the molecule is CCO[C@@H]1CN(Cc2cnc(-c3cccs3)nc2)C[C@H]1O. The Hall–Kier alpha value is -1.34. The number of rotatable bonds is 5. The van der Waals surface area contributed by atoms with E-state index >= 15 is 0 Å². The van der Waals surface area contributed by atoms with Crippen LogP contribution in [0.2, 0.25) is 0 Å². The Labute approximate surface area is 128 Å². The van der Waals surface area contributed by atoms with Gasteiger partial charge in [-0.15, -0.1) is 11.3 Å². The van der Waals surface area contributed by atoms with Crippen molar-refractivity contribution < 1.29 is 9.84 Å². The van der Waals surface area contributed by atoms with Crippen LogP contribution in [-0.4, -0.2) is 51.9 Å². The lowest BCUT2D eigenvalue weighted by Crippen LogP contribution is -2.26. The number of nitrogens with zero attached hydrogens (tertiary/aromatic N) is 3. The lowest BCUT2D eigenvalue weighted by Gasteiger charge is -2.15. The van der Waals surface area contributed by atoms with Crippen LogP contribution in [0, 0.1) is 0 Å². The van der Waals surface area contributed by atoms with Crippen LogP contribution in [0.15, 0.2) is 29.9 Å². The van der Waals surface area contributed by atoms with E-state index in [0.29, 0.717) is 13.2 Å². The molecule has 2 aromatic heterocycles. The molecule has 3 rings (SSSR count). The quantitative estimate of drug-likeness (QED) is 0.912. The Morgan fingerprint density at radius 3 is 2.86 bits per heavy atom. The van der Waals surface area contributed by atoms with Gasteiger partial charge in [0.25, 0.3) is 0 Å². The van der Waals surface area contributed by atoms with Crippen molar-refractivity contribution in [2.24, 2.45) is 0 Å². The first-order valence-electron chi connectivity index (χ1n) is 7.13. The molecular formula is C15H19N3O2S. The van der Waals surface area contributed by atoms with Gasteiger partial charge in [-0.25, -0.2) is 9.97 Å². The number of hydrogen-bond acceptors (Lipinski definition) is 6. The molecule has 0 radical (unpaired) electrons. The summed E-state index contributed by atoms with van der Waals surface area (Å²) in [6.07, 6.45) is 3.24. The molecule has 5 nitrogen and oxygen atoms in total. The molecule has 0 spiro atoms. The summed E-state index contributed by atoms with van der Waals surface area (Å²) in [6.45, 7) is 4.71. The smallest absolute Gasteiger partial charge is 0.169 e. The van der Waals surface area contributed by atoms with Gasteiger partial charge in [0, 0.05) is 44.2 Å². The average Bonchev–Trinajstić information content (AvgIpc) is 3.11. The molecule has 1 saturated heterocycles. The highest BCUT2D eigenvalue weighted by molar-refractivity contribution is 7.13. The summed E-state index contributed by atoms with van der Waals surface area (Å²) in [7, 11) is 0. The molecule has 2 aromatic rings. The van der Waals surface area contributed by atoms with Crippen molar-refractivity contribution in [1.29, 1.82) is 0 Å². The first-order valence-corrected chi connectivity index (χ1v) is 8.01. The number of aliphatic hydroxyl groups excluding tert-OH is 1. The van der Waals surface area contributed by atoms with Crippen molar-refractivity contribution in [1.82, 2.24) is 14.9 Å². The minimum absolute atomic E-state index is 0.0821. The van der Waals surface area contributed by atoms with E-state index < -0.39 is 6.10 Å². The van der Waals surface area contributed by atoms with Gasteiger partial charge in [-0.3, -0.25) is 4.90 Å². The van der Waals surface area contributed by atoms with Gasteiger partial charge < -0.3 is 9.84 Å². The molecule has 0 saturated carbocycles. The second kappa shape index (κ2) is 6.62. The predicted molar refractivity (Wildman–Crippen MR) is 82.0 cm³/mol. The van der Waals surface area contributed by atoms with Gasteiger partial charge in [-0.1, -0.05) is 6.07 Å². The van der Waals surface area contributed by atoms with Gasteiger partial charge in [0.15, 0.2) is 5.82 Å². The number of aliphatic hydroxyl groups is 1. The van der Waals surface area contributed by atoms with Crippen LogP contribution >= 0.6 is 11.3 Å². The summed E-state index contributed by atoms with van der Waals surface area (Å²) in [5, 5.41) is 12.0. The van der Waals surface area contributed by atoms with Crippen molar-refractivity contribution >= 4 is 11.3 Å². The van der Waals surface area contributed by atoms with E-state index in [9.17, 15) is 5.11 Å². The molecule has 0 aromatic carbocycles. The van der Waals surface area contributed by atoms with Gasteiger partial charge in [-0.05, 0) is 18.4 Å². The third-order valence-electron chi connectivity index (χ3n) is 3.55. The molecule has 1 aliphatic heterocycles. The van der Waals surface area contributed by atoms with E-state index in [4.69, 9.17) is 4.74 Å². The maximum atomic E-state index is 9.94. The predicted octanol–water partition coefficient (Wildman–Crippen LogP) is 1.79. The Morgan fingerprint density at radius 2 is 2.19 bits per heavy atom. The second-order valence-electron chi connectivity index (χ2n) is 5.15. The minimum atomic E-state index is -0.406. The second-order valence-corrected chi connectivity index (χ2v) is 6.10. The van der Waals surface area contributed by atoms with Crippen LogP contribution in [0.4, 0.5) is 0 Å². The summed E-state index contributed by atoms with van der Waals surface area (Å²) in [6, 6.07) is 4.01. The molecule has 0 aliphatic carbocycles. The van der Waals surface area contributed by atoms with Crippen molar-refractivity contribution in [3.63, 3.8) is 0 Å². The van der Waals surface area contributed by atoms with E-state index in [1.54, 1.807) is 11.3 Å². The van der Waals surface area contributed by atoms with E-state index in [0.717, 1.165) is 29.4 Å². The van der Waals surface area contributed by atoms with Crippen LogP contribution in [0.5, 0.6) is 0 Å². The summed E-state index contributed by atoms with van der Waals surface area (Å²) in [4.78, 5) is 12.1. The van der Waals surface area contributed by atoms with Crippen LogP contribution in [0.1, 0.15) is 12.5 Å². The standard InChI is InChI=1S/C15H19N3O2S/c1-2-20-13-10-18(9-12(13)19)8-11-6-16-15(17-7-11)14-4-3-5-21-14/h3-7,12-13,19H,2,8-10H2,1H3/t12-,13-/m1/s1. The summed E-state index contributed by atoms with van der Waals surface area (Å²) in [5.74, 6) is 0.766. The molecule has 6 heteroatoms. The van der Waals surface area contributed by atoms with Crippen LogP contribution in [0.3, 0.4) is 0 Å². The van der Waals surface area contributed by atoms with Gasteiger partial charge in [0.05, 0.1) is 17.1 Å². The van der Waals surface area contributed by atoms with Crippen LogP contribution < -0.4 is 0 Å². The van der Waals surface area contributed by atoms with Crippen LogP contribution in [-0.2, 0) is 11.3 Å². The van der Waals surface area contributed by atoms with Gasteiger partial charge >= 0.3 is 0 Å². The molecule has 1 fully saturated rings. The maximum absolute atomic E-state index is 9.94. The summed E-state index contributed by atoms with van der Waals surface area (Å²) in [5.41, 5.74) is 1.06. The van der Waals surface area contributed by atoms with Gasteiger partial charge in [0.2, 0.25) is 0 Å².